The van der Waals surface area contributed by atoms with Crippen LogP contribution in [0.15, 0.2) is 0 Å². The molecule has 0 aromatic carbocycles. The maximum absolute atomic E-state index is 11.3. The maximum atomic E-state index is 11.3. The maximum Gasteiger partial charge on any atom is 0.303 e. The Morgan fingerprint density at radius 3 is 2.00 bits per heavy atom. The van der Waals surface area contributed by atoms with Gasteiger partial charge >= 0.3 is 17.9 Å². The number of carbonyl (C=O) groups is 3. The third kappa shape index (κ3) is 4.04. The Morgan fingerprint density at radius 2 is 1.43 bits per heavy atom. The second-order valence-corrected chi connectivity index (χ2v) is 7.16. The molecule has 118 valence electrons. The Labute approximate surface area is 129 Å². The molecule has 9 heteroatoms. The molecule has 2 aliphatic heterocycles. The lowest BCUT2D eigenvalue weighted by Gasteiger charge is -2.46. The number of carbonyl (C=O) groups excluding carboxylic acids is 3. The molecule has 0 saturated carbocycles. The fourth-order valence-electron chi connectivity index (χ4n) is 2.24. The predicted octanol–water partition coefficient (Wildman–Crippen LogP) is 0.901. The zero-order valence-corrected chi connectivity index (χ0v) is 13.4. The molecule has 2 heterocycles. The number of hydrogen-bond acceptors (Lipinski definition) is 9. The second kappa shape index (κ2) is 6.89. The summed E-state index contributed by atoms with van der Waals surface area (Å²) in [5.74, 6) is -0.975. The average Bonchev–Trinajstić information content (AvgIpc) is 2.38. The summed E-state index contributed by atoms with van der Waals surface area (Å²) in [5, 5.41) is 0. The molecule has 0 N–H and O–H groups in total. The first-order valence-corrected chi connectivity index (χ1v) is 8.72. The van der Waals surface area contributed by atoms with Crippen molar-refractivity contribution in [2.45, 2.75) is 50.6 Å². The Hall–Kier alpha value is -0.930. The highest BCUT2D eigenvalue weighted by Crippen LogP contribution is 2.44. The third-order valence-corrected chi connectivity index (χ3v) is 5.45. The summed E-state index contributed by atoms with van der Waals surface area (Å²) in [6, 6.07) is 0. The smallest absolute Gasteiger partial charge is 0.303 e. The number of rotatable bonds is 3. The van der Waals surface area contributed by atoms with Gasteiger partial charge in [-0.05, 0) is 0 Å². The molecule has 2 rings (SSSR count). The molecule has 5 atom stereocenters. The summed E-state index contributed by atoms with van der Waals surface area (Å²) in [5.41, 5.74) is -0.464. The van der Waals surface area contributed by atoms with Crippen LogP contribution in [0.25, 0.3) is 0 Å². The highest BCUT2D eigenvalue weighted by atomic mass is 33.1. The van der Waals surface area contributed by atoms with Crippen LogP contribution in [-0.4, -0.2) is 53.5 Å². The van der Waals surface area contributed by atoms with E-state index in [-0.39, 0.29) is 0 Å². The zero-order chi connectivity index (χ0) is 15.6. The van der Waals surface area contributed by atoms with E-state index in [4.69, 9.17) is 18.9 Å². The van der Waals surface area contributed by atoms with Crippen molar-refractivity contribution in [1.82, 2.24) is 0 Å². The molecule has 0 unspecified atom stereocenters. The predicted molar refractivity (Wildman–Crippen MR) is 75.4 cm³/mol. The van der Waals surface area contributed by atoms with Crippen LogP contribution in [0.5, 0.6) is 0 Å². The third-order valence-electron chi connectivity index (χ3n) is 2.89. The van der Waals surface area contributed by atoms with Gasteiger partial charge in [-0.15, -0.1) is 0 Å². The van der Waals surface area contributed by atoms with Gasteiger partial charge in [-0.25, -0.2) is 0 Å². The molecule has 0 spiro atoms. The quantitative estimate of drug-likeness (QED) is 0.424. The summed E-state index contributed by atoms with van der Waals surface area (Å²) < 4.78 is 21.5. The monoisotopic (exact) mass is 336 g/mol. The van der Waals surface area contributed by atoms with Gasteiger partial charge in [0.25, 0.3) is 0 Å². The van der Waals surface area contributed by atoms with Gasteiger partial charge in [-0.3, -0.25) is 14.4 Å². The van der Waals surface area contributed by atoms with Crippen molar-refractivity contribution in [3.8, 4) is 0 Å². The summed E-state index contributed by atoms with van der Waals surface area (Å²) in [4.78, 5) is 33.9. The topological polar surface area (TPSA) is 88.1 Å². The first kappa shape index (κ1) is 16.4. The fraction of sp³-hybridized carbons (Fsp3) is 0.750. The van der Waals surface area contributed by atoms with Crippen LogP contribution >= 0.6 is 21.6 Å². The van der Waals surface area contributed by atoms with Crippen molar-refractivity contribution in [3.63, 3.8) is 0 Å². The van der Waals surface area contributed by atoms with Crippen molar-refractivity contribution < 1.29 is 33.3 Å². The summed E-state index contributed by atoms with van der Waals surface area (Å²) in [6.45, 7) is 3.78. The highest BCUT2D eigenvalue weighted by molar-refractivity contribution is 8.77. The number of hydrogen-bond donors (Lipinski definition) is 0. The van der Waals surface area contributed by atoms with E-state index in [1.54, 1.807) is 0 Å². The van der Waals surface area contributed by atoms with Crippen molar-refractivity contribution in [1.29, 1.82) is 0 Å². The number of fused-ring (bicyclic) bond motifs is 2. The minimum Gasteiger partial charge on any atom is -0.456 e. The Kier molecular flexibility index (Phi) is 5.39. The lowest BCUT2D eigenvalue weighted by Crippen LogP contribution is -2.62. The number of esters is 3. The van der Waals surface area contributed by atoms with Gasteiger partial charge in [-0.2, -0.15) is 0 Å². The molecule has 0 aliphatic carbocycles. The summed E-state index contributed by atoms with van der Waals surface area (Å²) >= 11 is 0. The van der Waals surface area contributed by atoms with Crippen molar-refractivity contribution in [3.05, 3.63) is 0 Å². The van der Waals surface area contributed by atoms with E-state index in [1.165, 1.54) is 42.4 Å². The van der Waals surface area contributed by atoms with E-state index < -0.39 is 47.8 Å². The van der Waals surface area contributed by atoms with Crippen LogP contribution in [0, 0.1) is 0 Å². The molecule has 0 amide bonds. The van der Waals surface area contributed by atoms with Gasteiger partial charge in [0.15, 0.2) is 23.7 Å². The van der Waals surface area contributed by atoms with Gasteiger partial charge < -0.3 is 18.9 Å². The van der Waals surface area contributed by atoms with E-state index in [0.29, 0.717) is 5.75 Å². The van der Waals surface area contributed by atoms with Gasteiger partial charge in [0.05, 0.1) is 0 Å². The Balaban J connectivity index is 2.27. The van der Waals surface area contributed by atoms with E-state index in [2.05, 4.69) is 0 Å². The molecular weight excluding hydrogens is 320 g/mol. The molecule has 2 aliphatic rings. The van der Waals surface area contributed by atoms with E-state index >= 15 is 0 Å². The van der Waals surface area contributed by atoms with Crippen LogP contribution in [0.1, 0.15) is 20.8 Å². The van der Waals surface area contributed by atoms with Gasteiger partial charge in [0, 0.05) is 26.5 Å². The second-order valence-electron chi connectivity index (χ2n) is 4.65. The molecule has 2 saturated heterocycles. The first-order valence-electron chi connectivity index (χ1n) is 6.34. The largest absolute Gasteiger partial charge is 0.456 e. The van der Waals surface area contributed by atoms with Crippen molar-refractivity contribution >= 4 is 39.5 Å². The molecule has 2 fully saturated rings. The first-order chi connectivity index (χ1) is 9.88. The van der Waals surface area contributed by atoms with Crippen LogP contribution in [0.4, 0.5) is 0 Å². The Bertz CT molecular complexity index is 411. The van der Waals surface area contributed by atoms with Crippen LogP contribution in [-0.2, 0) is 33.3 Å². The molecule has 21 heavy (non-hydrogen) atoms. The van der Waals surface area contributed by atoms with Gasteiger partial charge in [0.1, 0.15) is 6.10 Å². The van der Waals surface area contributed by atoms with Crippen LogP contribution in [0.3, 0.4) is 0 Å². The molecule has 0 aromatic rings. The number of ether oxygens (including phenoxy) is 4. The zero-order valence-electron chi connectivity index (χ0n) is 11.8. The van der Waals surface area contributed by atoms with E-state index in [0.717, 1.165) is 0 Å². The summed E-state index contributed by atoms with van der Waals surface area (Å²) in [6.07, 6.45) is -2.88. The highest BCUT2D eigenvalue weighted by Gasteiger charge is 2.53. The minimum absolute atomic E-state index is 0.402. The SMILES string of the molecule is CC(=O)O[C@H]1[C@@H](OC(C)=O)[C@H]2O[C@H](CSS2)[C@H]1OC(C)=O. The van der Waals surface area contributed by atoms with Gasteiger partial charge in [0.2, 0.25) is 0 Å². The van der Waals surface area contributed by atoms with Gasteiger partial charge in [-0.1, -0.05) is 21.6 Å². The van der Waals surface area contributed by atoms with Crippen molar-refractivity contribution in [2.24, 2.45) is 0 Å². The molecular formula is C12H16O7S2. The van der Waals surface area contributed by atoms with Crippen LogP contribution in [0.2, 0.25) is 0 Å². The molecule has 7 nitrogen and oxygen atoms in total. The molecule has 2 bridgehead atoms. The lowest BCUT2D eigenvalue weighted by atomic mass is 10.00. The average molecular weight is 336 g/mol. The van der Waals surface area contributed by atoms with E-state index in [1.807, 2.05) is 0 Å². The Morgan fingerprint density at radius 1 is 0.905 bits per heavy atom. The van der Waals surface area contributed by atoms with Crippen LogP contribution < -0.4 is 0 Å². The van der Waals surface area contributed by atoms with Crippen molar-refractivity contribution in [2.75, 3.05) is 5.75 Å². The molecule has 0 aromatic heterocycles. The molecule has 0 radical (unpaired) electrons. The normalized spacial score (nSPS) is 34.7. The summed E-state index contributed by atoms with van der Waals surface area (Å²) in [7, 11) is 2.94. The minimum atomic E-state index is -0.868. The van der Waals surface area contributed by atoms with E-state index in [9.17, 15) is 14.4 Å². The lowest BCUT2D eigenvalue weighted by molar-refractivity contribution is -0.228. The fourth-order valence-corrected chi connectivity index (χ4v) is 4.87. The standard InChI is InChI=1S/C12H16O7S2/c1-5(13)16-9-8-4-20-21-12(19-8)11(18-7(3)15)10(9)17-6(2)14/h8-12H,4H2,1-3H3/t8-,9-,10-,11-,12+/m1/s1.